The number of hydrogen-bond donors (Lipinski definition) is 1. The first kappa shape index (κ1) is 14.0. The van der Waals surface area contributed by atoms with Crippen molar-refractivity contribution >= 4 is 28.5 Å². The number of alkyl halides is 3. The normalized spacial score (nSPS) is 10.6. The molecule has 84 valence electrons. The van der Waals surface area contributed by atoms with Crippen molar-refractivity contribution in [3.8, 4) is 0 Å². The predicted octanol–water partition coefficient (Wildman–Crippen LogP) is 1.60. The average molecular weight is 321 g/mol. The summed E-state index contributed by atoms with van der Waals surface area (Å²) in [7, 11) is 0. The molecule has 0 spiro atoms. The minimum Gasteiger partial charge on any atom is -0.375 e. The molecule has 14 heavy (non-hydrogen) atoms. The molecular weight excluding hydrogens is 307 g/mol. The Bertz CT molecular complexity index is 158. The predicted molar refractivity (Wildman–Crippen MR) is 58.0 cm³/mol. The maximum Gasteiger partial charge on any atom is 0.261 e. The van der Waals surface area contributed by atoms with Crippen molar-refractivity contribution in [3.05, 3.63) is 0 Å². The van der Waals surface area contributed by atoms with Gasteiger partial charge in [0, 0.05) is 17.4 Å². The van der Waals surface area contributed by atoms with Gasteiger partial charge in [0.15, 0.2) is 0 Å². The first-order valence-electron chi connectivity index (χ1n) is 4.35. The first-order chi connectivity index (χ1) is 6.66. The molecule has 0 saturated heterocycles. The zero-order chi connectivity index (χ0) is 10.8. The van der Waals surface area contributed by atoms with E-state index in [1.807, 2.05) is 0 Å². The molecule has 0 fully saturated rings. The molecule has 1 N–H and O–H groups in total. The number of halogens is 3. The van der Waals surface area contributed by atoms with Gasteiger partial charge in [0.25, 0.3) is 6.43 Å². The second-order valence-electron chi connectivity index (χ2n) is 2.61. The van der Waals surface area contributed by atoms with Crippen LogP contribution in [0.25, 0.3) is 0 Å². The molecule has 0 radical (unpaired) electrons. The molecule has 3 nitrogen and oxygen atoms in total. The van der Waals surface area contributed by atoms with Crippen LogP contribution < -0.4 is 5.32 Å². The molecule has 0 aromatic rings. The van der Waals surface area contributed by atoms with Crippen LogP contribution in [0.3, 0.4) is 0 Å². The maximum atomic E-state index is 11.6. The van der Waals surface area contributed by atoms with Gasteiger partial charge in [-0.25, -0.2) is 8.78 Å². The van der Waals surface area contributed by atoms with Gasteiger partial charge in [-0.3, -0.25) is 4.79 Å². The Morgan fingerprint density at radius 3 is 2.79 bits per heavy atom. The van der Waals surface area contributed by atoms with E-state index in [4.69, 9.17) is 0 Å². The summed E-state index contributed by atoms with van der Waals surface area (Å²) >= 11 is 2.22. The molecule has 0 aliphatic heterocycles. The van der Waals surface area contributed by atoms with Crippen LogP contribution in [0.2, 0.25) is 0 Å². The van der Waals surface area contributed by atoms with E-state index in [0.717, 1.165) is 10.8 Å². The second-order valence-corrected chi connectivity index (χ2v) is 3.69. The average Bonchev–Trinajstić information content (AvgIpc) is 2.13. The van der Waals surface area contributed by atoms with Gasteiger partial charge in [-0.15, -0.1) is 0 Å². The van der Waals surface area contributed by atoms with Crippen LogP contribution in [-0.4, -0.2) is 36.5 Å². The third kappa shape index (κ3) is 10.1. The number of ether oxygens (including phenoxy) is 1. The summed E-state index contributed by atoms with van der Waals surface area (Å²) in [5.41, 5.74) is 0. The Hall–Kier alpha value is 0.0200. The molecule has 0 aliphatic rings. The minimum absolute atomic E-state index is 0.0560. The highest BCUT2D eigenvalue weighted by molar-refractivity contribution is 14.1. The fraction of sp³-hybridized carbons (Fsp3) is 0.875. The second kappa shape index (κ2) is 9.57. The van der Waals surface area contributed by atoms with Crippen molar-refractivity contribution in [3.63, 3.8) is 0 Å². The van der Waals surface area contributed by atoms with Gasteiger partial charge >= 0.3 is 0 Å². The SMILES string of the molecule is O=C(CCOCC(F)F)NCCCI. The van der Waals surface area contributed by atoms with Crippen LogP contribution in [0.4, 0.5) is 8.78 Å². The Balaban J connectivity index is 3.18. The van der Waals surface area contributed by atoms with Crippen molar-refractivity contribution in [2.24, 2.45) is 0 Å². The highest BCUT2D eigenvalue weighted by atomic mass is 127. The number of rotatable bonds is 8. The van der Waals surface area contributed by atoms with Gasteiger partial charge in [-0.2, -0.15) is 0 Å². The van der Waals surface area contributed by atoms with Crippen LogP contribution >= 0.6 is 22.6 Å². The Kier molecular flexibility index (Phi) is 9.58. The summed E-state index contributed by atoms with van der Waals surface area (Å²) in [4.78, 5) is 11.0. The quantitative estimate of drug-likeness (QED) is 0.419. The molecule has 6 heteroatoms. The van der Waals surface area contributed by atoms with Gasteiger partial charge < -0.3 is 10.1 Å². The fourth-order valence-electron chi connectivity index (χ4n) is 0.720. The molecule has 0 bridgehead atoms. The van der Waals surface area contributed by atoms with Gasteiger partial charge in [-0.1, -0.05) is 22.6 Å². The molecule has 0 aliphatic carbocycles. The highest BCUT2D eigenvalue weighted by Crippen LogP contribution is 1.93. The van der Waals surface area contributed by atoms with E-state index in [0.29, 0.717) is 6.54 Å². The smallest absolute Gasteiger partial charge is 0.261 e. The molecule has 0 aromatic heterocycles. The summed E-state index contributed by atoms with van der Waals surface area (Å²) in [6.07, 6.45) is -1.39. The molecule has 1 amide bonds. The standard InChI is InChI=1S/C8H14F2INO2/c9-7(10)6-14-5-2-8(13)12-4-1-3-11/h7H,1-6H2,(H,12,13). The van der Waals surface area contributed by atoms with Gasteiger partial charge in [-0.05, 0) is 6.42 Å². The van der Waals surface area contributed by atoms with Crippen LogP contribution in [0, 0.1) is 0 Å². The van der Waals surface area contributed by atoms with E-state index in [-0.39, 0.29) is 18.9 Å². The third-order valence-electron chi connectivity index (χ3n) is 1.35. The lowest BCUT2D eigenvalue weighted by Crippen LogP contribution is -2.25. The molecule has 0 aromatic carbocycles. The monoisotopic (exact) mass is 321 g/mol. The van der Waals surface area contributed by atoms with Crippen molar-refractivity contribution < 1.29 is 18.3 Å². The number of amides is 1. The van der Waals surface area contributed by atoms with Crippen molar-refractivity contribution in [1.29, 1.82) is 0 Å². The number of hydrogen-bond acceptors (Lipinski definition) is 2. The lowest BCUT2D eigenvalue weighted by Gasteiger charge is -2.04. The summed E-state index contributed by atoms with van der Waals surface area (Å²) in [5, 5.41) is 2.66. The van der Waals surface area contributed by atoms with E-state index in [9.17, 15) is 13.6 Å². The fourth-order valence-corrected chi connectivity index (χ4v) is 1.10. The van der Waals surface area contributed by atoms with E-state index in [1.54, 1.807) is 0 Å². The van der Waals surface area contributed by atoms with Gasteiger partial charge in [0.05, 0.1) is 6.61 Å². The lowest BCUT2D eigenvalue weighted by molar-refractivity contribution is -0.122. The molecule has 0 unspecified atom stereocenters. The molecule has 0 rings (SSSR count). The number of nitrogens with one attached hydrogen (secondary N) is 1. The number of carbonyl (C=O) groups excluding carboxylic acids is 1. The highest BCUT2D eigenvalue weighted by Gasteiger charge is 2.03. The number of carbonyl (C=O) groups is 1. The van der Waals surface area contributed by atoms with Crippen LogP contribution in [0.15, 0.2) is 0 Å². The van der Waals surface area contributed by atoms with Crippen molar-refractivity contribution in [2.45, 2.75) is 19.3 Å². The van der Waals surface area contributed by atoms with E-state index < -0.39 is 13.0 Å². The van der Waals surface area contributed by atoms with Crippen LogP contribution in [-0.2, 0) is 9.53 Å². The first-order valence-corrected chi connectivity index (χ1v) is 5.88. The molecule has 0 atom stereocenters. The lowest BCUT2D eigenvalue weighted by atomic mass is 10.4. The maximum absolute atomic E-state index is 11.6. The summed E-state index contributed by atoms with van der Waals surface area (Å²) in [6, 6.07) is 0. The molecule has 0 heterocycles. The topological polar surface area (TPSA) is 38.3 Å². The largest absolute Gasteiger partial charge is 0.375 e. The Morgan fingerprint density at radius 2 is 2.21 bits per heavy atom. The van der Waals surface area contributed by atoms with E-state index >= 15 is 0 Å². The van der Waals surface area contributed by atoms with Crippen LogP contribution in [0.5, 0.6) is 0 Å². The summed E-state index contributed by atoms with van der Waals surface area (Å²) in [5.74, 6) is -0.149. The van der Waals surface area contributed by atoms with Gasteiger partial charge in [0.2, 0.25) is 5.91 Å². The molecular formula is C8H14F2INO2. The summed E-state index contributed by atoms with van der Waals surface area (Å²) in [6.45, 7) is 0.0953. The summed E-state index contributed by atoms with van der Waals surface area (Å²) < 4.78 is 28.7. The zero-order valence-corrected chi connectivity index (χ0v) is 9.93. The van der Waals surface area contributed by atoms with Crippen molar-refractivity contribution in [2.75, 3.05) is 24.2 Å². The van der Waals surface area contributed by atoms with Crippen LogP contribution in [0.1, 0.15) is 12.8 Å². The Labute approximate surface area is 95.7 Å². The molecule has 0 saturated carbocycles. The van der Waals surface area contributed by atoms with Crippen molar-refractivity contribution in [1.82, 2.24) is 5.32 Å². The minimum atomic E-state index is -2.46. The third-order valence-corrected chi connectivity index (χ3v) is 2.11. The zero-order valence-electron chi connectivity index (χ0n) is 7.77. The van der Waals surface area contributed by atoms with E-state index in [1.165, 1.54) is 0 Å². The van der Waals surface area contributed by atoms with Gasteiger partial charge in [0.1, 0.15) is 6.61 Å². The Morgan fingerprint density at radius 1 is 1.50 bits per heavy atom. The van der Waals surface area contributed by atoms with E-state index in [2.05, 4.69) is 32.6 Å².